The summed E-state index contributed by atoms with van der Waals surface area (Å²) >= 11 is 0. The average Bonchev–Trinajstić information content (AvgIpc) is 2.60. The van der Waals surface area contributed by atoms with Crippen LogP contribution in [0.5, 0.6) is 5.75 Å². The van der Waals surface area contributed by atoms with Crippen LogP contribution in [-0.2, 0) is 16.0 Å². The van der Waals surface area contributed by atoms with Crippen LogP contribution >= 0.6 is 0 Å². The van der Waals surface area contributed by atoms with Crippen molar-refractivity contribution < 1.29 is 19.1 Å². The number of anilines is 1. The third kappa shape index (κ3) is 2.99. The number of hydrogen-bond acceptors (Lipinski definition) is 4. The minimum atomic E-state index is -0.948. The van der Waals surface area contributed by atoms with Gasteiger partial charge in [0.05, 0.1) is 12.8 Å². The maximum atomic E-state index is 12.7. The first-order chi connectivity index (χ1) is 11.6. The van der Waals surface area contributed by atoms with Crippen molar-refractivity contribution in [1.82, 2.24) is 5.32 Å². The summed E-state index contributed by atoms with van der Waals surface area (Å²) in [7, 11) is 1.57. The Hall–Kier alpha value is -3.15. The molecular formula is C18H16N2O4. The summed E-state index contributed by atoms with van der Waals surface area (Å²) in [5, 5.41) is 2.25. The molecule has 4 amide bonds. The van der Waals surface area contributed by atoms with Gasteiger partial charge in [0.1, 0.15) is 11.7 Å². The van der Waals surface area contributed by atoms with E-state index in [-0.39, 0.29) is 6.42 Å². The number of methoxy groups -OCH3 is 1. The predicted molar refractivity (Wildman–Crippen MR) is 87.7 cm³/mol. The summed E-state index contributed by atoms with van der Waals surface area (Å²) in [6, 6.07) is 14.9. The molecule has 1 heterocycles. The molecule has 0 saturated carbocycles. The van der Waals surface area contributed by atoms with Crippen molar-refractivity contribution in [3.8, 4) is 5.75 Å². The standard InChI is InChI=1S/C18H16N2O4/c1-24-14-9-7-12(8-10-14)11-15-16(21)19-18(23)20(17(15)22)13-5-3-2-4-6-13/h2-10,15H,11H2,1H3,(H,19,21,23)/t15-/m0/s1. The van der Waals surface area contributed by atoms with Crippen LogP contribution in [0.3, 0.4) is 0 Å². The number of barbiturate groups is 1. The Balaban J connectivity index is 1.85. The molecule has 0 radical (unpaired) electrons. The second-order valence-electron chi connectivity index (χ2n) is 5.41. The average molecular weight is 324 g/mol. The van der Waals surface area contributed by atoms with E-state index in [2.05, 4.69) is 5.32 Å². The van der Waals surface area contributed by atoms with Crippen LogP contribution in [0.25, 0.3) is 0 Å². The molecule has 6 heteroatoms. The number of carbonyl (C=O) groups is 3. The summed E-state index contributed by atoms with van der Waals surface area (Å²) in [4.78, 5) is 37.9. The van der Waals surface area contributed by atoms with Crippen molar-refractivity contribution >= 4 is 23.5 Å². The third-order valence-corrected chi connectivity index (χ3v) is 3.88. The van der Waals surface area contributed by atoms with E-state index >= 15 is 0 Å². The number of rotatable bonds is 4. The summed E-state index contributed by atoms with van der Waals surface area (Å²) < 4.78 is 5.09. The van der Waals surface area contributed by atoms with Crippen molar-refractivity contribution in [3.63, 3.8) is 0 Å². The minimum Gasteiger partial charge on any atom is -0.497 e. The molecule has 3 rings (SSSR count). The quantitative estimate of drug-likeness (QED) is 0.874. The highest BCUT2D eigenvalue weighted by atomic mass is 16.5. The normalized spacial score (nSPS) is 17.6. The Morgan fingerprint density at radius 3 is 2.29 bits per heavy atom. The van der Waals surface area contributed by atoms with Gasteiger partial charge in [-0.15, -0.1) is 0 Å². The lowest BCUT2D eigenvalue weighted by Crippen LogP contribution is -2.58. The lowest BCUT2D eigenvalue weighted by molar-refractivity contribution is -0.134. The number of carbonyl (C=O) groups excluding carboxylic acids is 3. The van der Waals surface area contributed by atoms with Crippen molar-refractivity contribution in [2.24, 2.45) is 5.92 Å². The van der Waals surface area contributed by atoms with Crippen LogP contribution in [0, 0.1) is 5.92 Å². The molecule has 0 aliphatic carbocycles. The van der Waals surface area contributed by atoms with Crippen LogP contribution in [0.2, 0.25) is 0 Å². The van der Waals surface area contributed by atoms with Crippen molar-refractivity contribution in [3.05, 3.63) is 60.2 Å². The Kier molecular flexibility index (Phi) is 4.29. The van der Waals surface area contributed by atoms with Crippen LogP contribution in [0.15, 0.2) is 54.6 Å². The molecular weight excluding hydrogens is 308 g/mol. The van der Waals surface area contributed by atoms with E-state index in [9.17, 15) is 14.4 Å². The fraction of sp³-hybridized carbons (Fsp3) is 0.167. The lowest BCUT2D eigenvalue weighted by atomic mass is 9.95. The van der Waals surface area contributed by atoms with E-state index < -0.39 is 23.8 Å². The molecule has 1 atom stereocenters. The highest BCUT2D eigenvalue weighted by Gasteiger charge is 2.41. The monoisotopic (exact) mass is 324 g/mol. The summed E-state index contributed by atoms with van der Waals surface area (Å²) in [5.74, 6) is -1.35. The van der Waals surface area contributed by atoms with E-state index in [1.165, 1.54) is 0 Å². The van der Waals surface area contributed by atoms with Crippen LogP contribution in [0.1, 0.15) is 5.56 Å². The summed E-state index contributed by atoms with van der Waals surface area (Å²) in [6.07, 6.45) is 0.214. The zero-order valence-electron chi connectivity index (χ0n) is 13.1. The van der Waals surface area contributed by atoms with Crippen molar-refractivity contribution in [2.45, 2.75) is 6.42 Å². The molecule has 1 aliphatic rings. The van der Waals surface area contributed by atoms with E-state index in [0.717, 1.165) is 10.5 Å². The topological polar surface area (TPSA) is 75.7 Å². The van der Waals surface area contributed by atoms with Gasteiger partial charge in [0.2, 0.25) is 11.8 Å². The molecule has 0 aromatic heterocycles. The van der Waals surface area contributed by atoms with E-state index in [1.807, 2.05) is 0 Å². The number of imide groups is 2. The fourth-order valence-corrected chi connectivity index (χ4v) is 2.62. The minimum absolute atomic E-state index is 0.214. The second kappa shape index (κ2) is 6.54. The van der Waals surface area contributed by atoms with E-state index in [1.54, 1.807) is 61.7 Å². The molecule has 1 aliphatic heterocycles. The molecule has 1 fully saturated rings. The number of nitrogens with one attached hydrogen (secondary N) is 1. The lowest BCUT2D eigenvalue weighted by Gasteiger charge is -2.30. The molecule has 122 valence electrons. The number of ether oxygens (including phenoxy) is 1. The molecule has 0 unspecified atom stereocenters. The zero-order chi connectivity index (χ0) is 17.1. The maximum absolute atomic E-state index is 12.7. The van der Waals surface area contributed by atoms with Gasteiger partial charge in [0.25, 0.3) is 0 Å². The Morgan fingerprint density at radius 1 is 1.00 bits per heavy atom. The number of amides is 4. The molecule has 2 aromatic carbocycles. The predicted octanol–water partition coefficient (Wildman–Crippen LogP) is 2.14. The van der Waals surface area contributed by atoms with Gasteiger partial charge in [0.15, 0.2) is 0 Å². The van der Waals surface area contributed by atoms with Gasteiger partial charge >= 0.3 is 6.03 Å². The molecule has 2 aromatic rings. The largest absolute Gasteiger partial charge is 0.497 e. The van der Waals surface area contributed by atoms with Crippen LogP contribution < -0.4 is 15.0 Å². The van der Waals surface area contributed by atoms with Gasteiger partial charge in [-0.25, -0.2) is 9.69 Å². The SMILES string of the molecule is COc1ccc(C[C@H]2C(=O)NC(=O)N(c3ccccc3)C2=O)cc1. The van der Waals surface area contributed by atoms with Gasteiger partial charge < -0.3 is 4.74 Å². The number of benzene rings is 2. The third-order valence-electron chi connectivity index (χ3n) is 3.88. The van der Waals surface area contributed by atoms with Gasteiger partial charge in [-0.2, -0.15) is 0 Å². The Labute approximate surface area is 139 Å². The van der Waals surface area contributed by atoms with Gasteiger partial charge in [0, 0.05) is 0 Å². The van der Waals surface area contributed by atoms with Crippen molar-refractivity contribution in [2.75, 3.05) is 12.0 Å². The number of urea groups is 1. The maximum Gasteiger partial charge on any atom is 0.335 e. The van der Waals surface area contributed by atoms with E-state index in [0.29, 0.717) is 11.4 Å². The molecule has 0 spiro atoms. The molecule has 6 nitrogen and oxygen atoms in total. The van der Waals surface area contributed by atoms with Gasteiger partial charge in [-0.05, 0) is 36.2 Å². The molecule has 24 heavy (non-hydrogen) atoms. The first-order valence-corrected chi connectivity index (χ1v) is 7.47. The highest BCUT2D eigenvalue weighted by molar-refractivity contribution is 6.27. The highest BCUT2D eigenvalue weighted by Crippen LogP contribution is 2.23. The summed E-state index contributed by atoms with van der Waals surface area (Å²) in [6.45, 7) is 0. The first-order valence-electron chi connectivity index (χ1n) is 7.47. The zero-order valence-corrected chi connectivity index (χ0v) is 13.1. The van der Waals surface area contributed by atoms with E-state index in [4.69, 9.17) is 4.74 Å². The van der Waals surface area contributed by atoms with Gasteiger partial charge in [-0.3, -0.25) is 14.9 Å². The number of para-hydroxylation sites is 1. The summed E-state index contributed by atoms with van der Waals surface area (Å²) in [5.41, 5.74) is 1.25. The molecule has 0 bridgehead atoms. The van der Waals surface area contributed by atoms with Gasteiger partial charge in [-0.1, -0.05) is 30.3 Å². The Bertz CT molecular complexity index is 771. The Morgan fingerprint density at radius 2 is 1.67 bits per heavy atom. The first kappa shape index (κ1) is 15.7. The molecule has 1 saturated heterocycles. The number of hydrogen-bond donors (Lipinski definition) is 1. The molecule has 1 N–H and O–H groups in total. The van der Waals surface area contributed by atoms with Crippen LogP contribution in [0.4, 0.5) is 10.5 Å². The fourth-order valence-electron chi connectivity index (χ4n) is 2.62. The smallest absolute Gasteiger partial charge is 0.335 e. The van der Waals surface area contributed by atoms with Crippen LogP contribution in [-0.4, -0.2) is 25.0 Å². The van der Waals surface area contributed by atoms with Crippen molar-refractivity contribution in [1.29, 1.82) is 0 Å². The number of nitrogens with zero attached hydrogens (tertiary/aromatic N) is 1. The second-order valence-corrected chi connectivity index (χ2v) is 5.41.